The average Bonchev–Trinajstić information content (AvgIpc) is 3.41. The van der Waals surface area contributed by atoms with Crippen molar-refractivity contribution in [2.75, 3.05) is 0 Å². The molecule has 2 aromatic carbocycles. The van der Waals surface area contributed by atoms with Gasteiger partial charge in [0.05, 0.1) is 5.71 Å². The van der Waals surface area contributed by atoms with Crippen molar-refractivity contribution in [2.24, 2.45) is 16.9 Å². The zero-order valence-electron chi connectivity index (χ0n) is 15.2. The molecule has 0 spiro atoms. The maximum absolute atomic E-state index is 12.3. The largest absolute Gasteiger partial charge is 0.273 e. The third-order valence-electron chi connectivity index (χ3n) is 4.70. The molecule has 0 saturated heterocycles. The summed E-state index contributed by atoms with van der Waals surface area (Å²) in [6, 6.07) is 18.7. The van der Waals surface area contributed by atoms with Crippen molar-refractivity contribution in [3.63, 3.8) is 0 Å². The van der Waals surface area contributed by atoms with Crippen LogP contribution >= 0.6 is 0 Å². The fourth-order valence-electron chi connectivity index (χ4n) is 3.19. The van der Waals surface area contributed by atoms with Crippen LogP contribution in [0.4, 0.5) is 0 Å². The second kappa shape index (κ2) is 7.64. The summed E-state index contributed by atoms with van der Waals surface area (Å²) in [4.78, 5) is 12.3. The van der Waals surface area contributed by atoms with Gasteiger partial charge < -0.3 is 0 Å². The minimum absolute atomic E-state index is 0.0182. The molecule has 2 atom stereocenters. The van der Waals surface area contributed by atoms with Gasteiger partial charge in [0, 0.05) is 5.92 Å². The smallest absolute Gasteiger partial charge is 0.243 e. The van der Waals surface area contributed by atoms with E-state index in [1.807, 2.05) is 25.1 Å². The van der Waals surface area contributed by atoms with Crippen LogP contribution in [-0.4, -0.2) is 11.6 Å². The molecule has 1 fully saturated rings. The van der Waals surface area contributed by atoms with Gasteiger partial charge in [0.25, 0.3) is 0 Å². The number of hydrazone groups is 1. The zero-order valence-corrected chi connectivity index (χ0v) is 15.2. The molecule has 3 nitrogen and oxygen atoms in total. The van der Waals surface area contributed by atoms with Crippen LogP contribution in [0, 0.1) is 11.8 Å². The number of carbonyl (C=O) groups excluding carboxylic acids is 1. The minimum Gasteiger partial charge on any atom is -0.273 e. The van der Waals surface area contributed by atoms with Crippen LogP contribution in [0.15, 0.2) is 59.7 Å². The highest BCUT2D eigenvalue weighted by molar-refractivity contribution is 5.99. The van der Waals surface area contributed by atoms with Gasteiger partial charge in [-0.3, -0.25) is 4.79 Å². The zero-order chi connectivity index (χ0) is 17.8. The molecule has 2 aromatic rings. The lowest BCUT2D eigenvalue weighted by molar-refractivity contribution is -0.122. The fraction of sp³-hybridized carbons (Fsp3) is 0.364. The predicted molar refractivity (Wildman–Crippen MR) is 103 cm³/mol. The molecule has 0 aromatic heterocycles. The van der Waals surface area contributed by atoms with Crippen LogP contribution in [0.25, 0.3) is 0 Å². The number of nitrogens with one attached hydrogen (secondary N) is 1. The Labute approximate surface area is 150 Å². The van der Waals surface area contributed by atoms with Crippen molar-refractivity contribution in [3.05, 3.63) is 71.3 Å². The molecule has 0 radical (unpaired) electrons. The van der Waals surface area contributed by atoms with Crippen LogP contribution in [0.3, 0.4) is 0 Å². The summed E-state index contributed by atoms with van der Waals surface area (Å²) < 4.78 is 0. The monoisotopic (exact) mass is 334 g/mol. The molecular weight excluding hydrogens is 308 g/mol. The van der Waals surface area contributed by atoms with Gasteiger partial charge in [0.1, 0.15) is 0 Å². The van der Waals surface area contributed by atoms with E-state index in [9.17, 15) is 4.79 Å². The molecule has 1 saturated carbocycles. The van der Waals surface area contributed by atoms with Crippen molar-refractivity contribution >= 4 is 11.6 Å². The number of benzene rings is 2. The molecule has 3 heteroatoms. The lowest BCUT2D eigenvalue weighted by Gasteiger charge is -2.07. The van der Waals surface area contributed by atoms with E-state index in [1.165, 1.54) is 11.1 Å². The number of amides is 1. The van der Waals surface area contributed by atoms with Crippen LogP contribution in [0.5, 0.6) is 0 Å². The topological polar surface area (TPSA) is 41.5 Å². The first kappa shape index (κ1) is 17.4. The van der Waals surface area contributed by atoms with E-state index in [4.69, 9.17) is 0 Å². The molecule has 130 valence electrons. The van der Waals surface area contributed by atoms with Gasteiger partial charge in [-0.1, -0.05) is 68.4 Å². The van der Waals surface area contributed by atoms with Crippen LogP contribution < -0.4 is 5.43 Å². The Morgan fingerprint density at radius 3 is 2.44 bits per heavy atom. The SMILES string of the molecule is C/C(=N\NC(=O)[C@H]1C[C@@H]1c1ccccc1)c1ccc(CC(C)C)cc1. The maximum atomic E-state index is 12.3. The first-order chi connectivity index (χ1) is 12.0. The summed E-state index contributed by atoms with van der Waals surface area (Å²) >= 11 is 0. The highest BCUT2D eigenvalue weighted by atomic mass is 16.2. The van der Waals surface area contributed by atoms with Gasteiger partial charge >= 0.3 is 0 Å². The van der Waals surface area contributed by atoms with Gasteiger partial charge in [-0.05, 0) is 48.3 Å². The van der Waals surface area contributed by atoms with Gasteiger partial charge in [-0.15, -0.1) is 0 Å². The fourth-order valence-corrected chi connectivity index (χ4v) is 3.19. The van der Waals surface area contributed by atoms with Gasteiger partial charge in [-0.25, -0.2) is 5.43 Å². The second-order valence-electron chi connectivity index (χ2n) is 7.33. The summed E-state index contributed by atoms with van der Waals surface area (Å²) in [6.07, 6.45) is 1.99. The summed E-state index contributed by atoms with van der Waals surface area (Å²) in [5.74, 6) is 1.06. The van der Waals surface area contributed by atoms with E-state index in [2.05, 4.69) is 60.8 Å². The average molecular weight is 334 g/mol. The highest BCUT2D eigenvalue weighted by Gasteiger charge is 2.43. The molecule has 0 unspecified atom stereocenters. The molecule has 0 bridgehead atoms. The number of nitrogens with zero attached hydrogens (tertiary/aromatic N) is 1. The molecule has 1 aliphatic rings. The summed E-state index contributed by atoms with van der Waals surface area (Å²) in [7, 11) is 0. The van der Waals surface area contributed by atoms with Gasteiger partial charge in [0.2, 0.25) is 5.91 Å². The molecule has 0 heterocycles. The van der Waals surface area contributed by atoms with Gasteiger partial charge in [0.15, 0.2) is 0 Å². The summed E-state index contributed by atoms with van der Waals surface area (Å²) in [6.45, 7) is 6.37. The number of carbonyl (C=O) groups is 1. The molecule has 1 amide bonds. The van der Waals surface area contributed by atoms with Crippen molar-refractivity contribution in [2.45, 2.75) is 39.5 Å². The van der Waals surface area contributed by atoms with E-state index in [0.717, 1.165) is 24.1 Å². The molecule has 25 heavy (non-hydrogen) atoms. The molecule has 1 N–H and O–H groups in total. The Hall–Kier alpha value is -2.42. The van der Waals surface area contributed by atoms with Crippen molar-refractivity contribution in [3.8, 4) is 0 Å². The normalized spacial score (nSPS) is 19.8. The van der Waals surface area contributed by atoms with Crippen molar-refractivity contribution in [1.82, 2.24) is 5.43 Å². The lowest BCUT2D eigenvalue weighted by Crippen LogP contribution is -2.21. The first-order valence-electron chi connectivity index (χ1n) is 9.03. The predicted octanol–water partition coefficient (Wildman–Crippen LogP) is 4.53. The quantitative estimate of drug-likeness (QED) is 0.612. The second-order valence-corrected chi connectivity index (χ2v) is 7.33. The third kappa shape index (κ3) is 4.56. The van der Waals surface area contributed by atoms with Crippen LogP contribution in [0.2, 0.25) is 0 Å². The Bertz CT molecular complexity index is 747. The third-order valence-corrected chi connectivity index (χ3v) is 4.70. The highest BCUT2D eigenvalue weighted by Crippen LogP contribution is 2.47. The minimum atomic E-state index is 0.0182. The van der Waals surface area contributed by atoms with Crippen LogP contribution in [-0.2, 0) is 11.2 Å². The number of hydrogen-bond acceptors (Lipinski definition) is 2. The Balaban J connectivity index is 1.56. The lowest BCUT2D eigenvalue weighted by atomic mass is 10.0. The van der Waals surface area contributed by atoms with E-state index in [-0.39, 0.29) is 11.8 Å². The van der Waals surface area contributed by atoms with E-state index < -0.39 is 0 Å². The van der Waals surface area contributed by atoms with Crippen LogP contribution in [0.1, 0.15) is 49.8 Å². The van der Waals surface area contributed by atoms with Crippen molar-refractivity contribution in [1.29, 1.82) is 0 Å². The van der Waals surface area contributed by atoms with E-state index >= 15 is 0 Å². The Morgan fingerprint density at radius 1 is 1.12 bits per heavy atom. The number of hydrogen-bond donors (Lipinski definition) is 1. The van der Waals surface area contributed by atoms with E-state index in [1.54, 1.807) is 0 Å². The molecular formula is C22H26N2O. The number of rotatable bonds is 6. The Morgan fingerprint density at radius 2 is 1.80 bits per heavy atom. The Kier molecular flexibility index (Phi) is 5.32. The first-order valence-corrected chi connectivity index (χ1v) is 9.03. The molecule has 3 rings (SSSR count). The van der Waals surface area contributed by atoms with Crippen molar-refractivity contribution < 1.29 is 4.79 Å². The van der Waals surface area contributed by atoms with E-state index in [0.29, 0.717) is 11.8 Å². The summed E-state index contributed by atoms with van der Waals surface area (Å²) in [5, 5.41) is 4.29. The molecule has 1 aliphatic carbocycles. The van der Waals surface area contributed by atoms with Gasteiger partial charge in [-0.2, -0.15) is 5.10 Å². The standard InChI is InChI=1S/C22H26N2O/c1-15(2)13-17-9-11-18(12-10-17)16(3)23-24-22(25)21-14-20(21)19-7-5-4-6-8-19/h4-12,15,20-21H,13-14H2,1-3H3,(H,24,25)/b23-16+/t20-,21+/m1/s1. The molecule has 0 aliphatic heterocycles. The summed E-state index contributed by atoms with van der Waals surface area (Å²) in [5.41, 5.74) is 7.19. The maximum Gasteiger partial charge on any atom is 0.243 e.